The number of ether oxygens (including phenoxy) is 2. The lowest BCUT2D eigenvalue weighted by atomic mass is 9.93. The molecule has 1 aromatic heterocycles. The van der Waals surface area contributed by atoms with Gasteiger partial charge >= 0.3 is 5.92 Å². The van der Waals surface area contributed by atoms with Crippen molar-refractivity contribution in [2.24, 2.45) is 0 Å². The van der Waals surface area contributed by atoms with Crippen molar-refractivity contribution in [3.8, 4) is 0 Å². The second-order valence-electron chi connectivity index (χ2n) is 9.78. The van der Waals surface area contributed by atoms with E-state index in [-0.39, 0.29) is 18.1 Å². The molecule has 3 heterocycles. The van der Waals surface area contributed by atoms with Gasteiger partial charge in [-0.05, 0) is 45.9 Å². The first-order valence-electron chi connectivity index (χ1n) is 11.6. The molecule has 3 atom stereocenters. The molecule has 3 aromatic rings. The van der Waals surface area contributed by atoms with Gasteiger partial charge in [0.25, 0.3) is 5.91 Å². The van der Waals surface area contributed by atoms with Crippen molar-refractivity contribution in [1.29, 1.82) is 0 Å². The number of nitrogens with one attached hydrogen (secondary N) is 1. The van der Waals surface area contributed by atoms with Gasteiger partial charge < -0.3 is 19.7 Å². The molecule has 5 rings (SSSR count). The molecule has 2 aliphatic rings. The van der Waals surface area contributed by atoms with Gasteiger partial charge in [-0.25, -0.2) is 14.4 Å². The summed E-state index contributed by atoms with van der Waals surface area (Å²) >= 11 is 0. The number of benzene rings is 2. The molecular formula is C26H27F3N4O3. The third-order valence-electron chi connectivity index (χ3n) is 7.35. The second-order valence-corrected chi connectivity index (χ2v) is 9.78. The number of aryl methyl sites for hydroxylation is 1. The summed E-state index contributed by atoms with van der Waals surface area (Å²) in [6.45, 7) is 6.23. The number of rotatable bonds is 6. The first-order valence-corrected chi connectivity index (χ1v) is 11.6. The molecule has 2 aliphatic heterocycles. The van der Waals surface area contributed by atoms with Gasteiger partial charge in [0.05, 0.1) is 29.4 Å². The molecule has 1 saturated heterocycles. The van der Waals surface area contributed by atoms with Crippen LogP contribution in [0.25, 0.3) is 10.9 Å². The standard InChI is InChI=1S/C26H27F3N4O3/c1-13(15-8-7-9-17(21(15)27)26(28,29)24(3)12-36-24)30-22-16-10-20-18(11-19(16)31-14(2)32-22)25(4,35-6)23(34)33(20)5/h7-11,13H,12H2,1-6H3,(H,30,31,32)/t13?,24?,25-/m0/s1. The Morgan fingerprint density at radius 3 is 2.58 bits per heavy atom. The molecule has 7 nitrogen and oxygen atoms in total. The number of halogens is 3. The van der Waals surface area contributed by atoms with E-state index in [1.165, 1.54) is 31.1 Å². The Labute approximate surface area is 206 Å². The molecule has 0 radical (unpaired) electrons. The smallest absolute Gasteiger partial charge is 0.306 e. The third kappa shape index (κ3) is 3.38. The van der Waals surface area contributed by atoms with E-state index < -0.39 is 34.5 Å². The van der Waals surface area contributed by atoms with E-state index >= 15 is 4.39 Å². The maximum Gasteiger partial charge on any atom is 0.306 e. The van der Waals surface area contributed by atoms with E-state index in [9.17, 15) is 13.6 Å². The second kappa shape index (κ2) is 7.88. The first kappa shape index (κ1) is 24.5. The van der Waals surface area contributed by atoms with Crippen LogP contribution in [0.4, 0.5) is 24.7 Å². The van der Waals surface area contributed by atoms with Crippen LogP contribution in [-0.2, 0) is 25.8 Å². The molecule has 0 bridgehead atoms. The number of methoxy groups -OCH3 is 1. The van der Waals surface area contributed by atoms with Crippen molar-refractivity contribution in [2.75, 3.05) is 31.0 Å². The highest BCUT2D eigenvalue weighted by molar-refractivity contribution is 6.09. The number of hydrogen-bond acceptors (Lipinski definition) is 6. The highest BCUT2D eigenvalue weighted by Gasteiger charge is 2.62. The maximum atomic E-state index is 15.4. The molecule has 2 unspecified atom stereocenters. The zero-order chi connectivity index (χ0) is 26.2. The number of epoxide rings is 1. The summed E-state index contributed by atoms with van der Waals surface area (Å²) in [5.74, 6) is -3.83. The average Bonchev–Trinajstić information content (AvgIpc) is 3.57. The van der Waals surface area contributed by atoms with Crippen LogP contribution in [0.1, 0.15) is 49.3 Å². The fraction of sp³-hybridized carbons (Fsp3) is 0.423. The summed E-state index contributed by atoms with van der Waals surface area (Å²) in [4.78, 5) is 23.4. The van der Waals surface area contributed by atoms with Crippen molar-refractivity contribution in [1.82, 2.24) is 9.97 Å². The van der Waals surface area contributed by atoms with Crippen LogP contribution in [0.15, 0.2) is 30.3 Å². The summed E-state index contributed by atoms with van der Waals surface area (Å²) in [5.41, 5.74) is -1.58. The summed E-state index contributed by atoms with van der Waals surface area (Å²) in [5, 5.41) is 3.77. The highest BCUT2D eigenvalue weighted by Crippen LogP contribution is 2.50. The van der Waals surface area contributed by atoms with E-state index in [0.29, 0.717) is 33.8 Å². The quantitative estimate of drug-likeness (QED) is 0.482. The zero-order valence-corrected chi connectivity index (χ0v) is 20.9. The summed E-state index contributed by atoms with van der Waals surface area (Å²) in [6, 6.07) is 6.83. The Balaban J connectivity index is 1.56. The van der Waals surface area contributed by atoms with Crippen molar-refractivity contribution in [2.45, 2.75) is 50.9 Å². The lowest BCUT2D eigenvalue weighted by Crippen LogP contribution is -2.37. The number of aromatic nitrogens is 2. The van der Waals surface area contributed by atoms with Crippen molar-refractivity contribution in [3.63, 3.8) is 0 Å². The van der Waals surface area contributed by atoms with E-state index in [2.05, 4.69) is 15.3 Å². The minimum Gasteiger partial charge on any atom is -0.364 e. The monoisotopic (exact) mass is 500 g/mol. The van der Waals surface area contributed by atoms with Crippen LogP contribution >= 0.6 is 0 Å². The molecule has 2 aromatic carbocycles. The number of nitrogens with zero attached hydrogens (tertiary/aromatic N) is 3. The molecule has 190 valence electrons. The molecular weight excluding hydrogens is 473 g/mol. The van der Waals surface area contributed by atoms with Crippen LogP contribution in [0.3, 0.4) is 0 Å². The maximum absolute atomic E-state index is 15.4. The molecule has 0 saturated carbocycles. The van der Waals surface area contributed by atoms with E-state index in [1.807, 2.05) is 0 Å². The largest absolute Gasteiger partial charge is 0.364 e. The minimum atomic E-state index is -3.48. The lowest BCUT2D eigenvalue weighted by Gasteiger charge is -2.24. The number of amides is 1. The summed E-state index contributed by atoms with van der Waals surface area (Å²) < 4.78 is 55.8. The lowest BCUT2D eigenvalue weighted by molar-refractivity contribution is -0.137. The Morgan fingerprint density at radius 2 is 1.94 bits per heavy atom. The van der Waals surface area contributed by atoms with Crippen molar-refractivity contribution < 1.29 is 27.4 Å². The average molecular weight is 501 g/mol. The van der Waals surface area contributed by atoms with E-state index in [0.717, 1.165) is 6.07 Å². The molecule has 1 N–H and O–H groups in total. The normalized spacial score (nSPS) is 24.2. The Hall–Kier alpha value is -3.24. The molecule has 0 aliphatic carbocycles. The van der Waals surface area contributed by atoms with Crippen molar-refractivity contribution in [3.05, 3.63) is 58.7 Å². The van der Waals surface area contributed by atoms with Gasteiger partial charge in [0.2, 0.25) is 0 Å². The Bertz CT molecular complexity index is 1410. The van der Waals surface area contributed by atoms with Gasteiger partial charge in [-0.2, -0.15) is 8.78 Å². The predicted octanol–water partition coefficient (Wildman–Crippen LogP) is 4.97. The van der Waals surface area contributed by atoms with Crippen LogP contribution in [-0.4, -0.2) is 42.2 Å². The third-order valence-corrected chi connectivity index (χ3v) is 7.35. The van der Waals surface area contributed by atoms with E-state index in [4.69, 9.17) is 9.47 Å². The molecule has 1 fully saturated rings. The number of likely N-dealkylation sites (N-methyl/N-ethyl adjacent to an activating group) is 1. The topological polar surface area (TPSA) is 79.9 Å². The Kier molecular flexibility index (Phi) is 5.35. The number of hydrogen-bond donors (Lipinski definition) is 1. The number of carbonyl (C=O) groups is 1. The summed E-state index contributed by atoms with van der Waals surface area (Å²) in [7, 11) is 3.14. The number of anilines is 2. The SMILES string of the molecule is CO[C@]1(C)C(=O)N(C)c2cc3c(NC(C)c4cccc(C(F)(F)C5(C)CO5)c4F)nc(C)nc3cc21. The van der Waals surface area contributed by atoms with Gasteiger partial charge in [0.1, 0.15) is 17.5 Å². The molecule has 1 amide bonds. The fourth-order valence-corrected chi connectivity index (χ4v) is 4.78. The molecule has 10 heteroatoms. The molecule has 36 heavy (non-hydrogen) atoms. The minimum absolute atomic E-state index is 0.0706. The fourth-order valence-electron chi connectivity index (χ4n) is 4.78. The van der Waals surface area contributed by atoms with Gasteiger partial charge in [-0.3, -0.25) is 4.79 Å². The summed E-state index contributed by atoms with van der Waals surface area (Å²) in [6.07, 6.45) is 0. The number of alkyl halides is 2. The Morgan fingerprint density at radius 1 is 1.25 bits per heavy atom. The van der Waals surface area contributed by atoms with E-state index in [1.54, 1.807) is 40.0 Å². The van der Waals surface area contributed by atoms with Crippen LogP contribution < -0.4 is 10.2 Å². The highest BCUT2D eigenvalue weighted by atomic mass is 19.3. The number of carbonyl (C=O) groups excluding carboxylic acids is 1. The van der Waals surface area contributed by atoms with Crippen LogP contribution in [0, 0.1) is 12.7 Å². The van der Waals surface area contributed by atoms with Gasteiger partial charge in [-0.1, -0.05) is 12.1 Å². The number of fused-ring (bicyclic) bond motifs is 2. The van der Waals surface area contributed by atoms with Crippen molar-refractivity contribution >= 4 is 28.3 Å². The van der Waals surface area contributed by atoms with Gasteiger partial charge in [0.15, 0.2) is 11.2 Å². The van der Waals surface area contributed by atoms with Gasteiger partial charge in [0, 0.05) is 30.7 Å². The first-order chi connectivity index (χ1) is 16.8. The van der Waals surface area contributed by atoms with Gasteiger partial charge in [-0.15, -0.1) is 0 Å². The zero-order valence-electron chi connectivity index (χ0n) is 20.9. The van der Waals surface area contributed by atoms with Crippen LogP contribution in [0.2, 0.25) is 0 Å². The predicted molar refractivity (Wildman–Crippen MR) is 129 cm³/mol. The van der Waals surface area contributed by atoms with Crippen LogP contribution in [0.5, 0.6) is 0 Å². The molecule has 0 spiro atoms.